The third-order valence-corrected chi connectivity index (χ3v) is 3.15. The smallest absolute Gasteiger partial charge is 0.0576 e. The lowest BCUT2D eigenvalue weighted by atomic mass is 9.86. The zero-order chi connectivity index (χ0) is 10.8. The van der Waals surface area contributed by atoms with Gasteiger partial charge in [-0.2, -0.15) is 0 Å². The van der Waals surface area contributed by atoms with Gasteiger partial charge in [-0.1, -0.05) is 43.3 Å². The second kappa shape index (κ2) is 3.93. The van der Waals surface area contributed by atoms with E-state index in [1.165, 1.54) is 16.7 Å². The Bertz CT molecular complexity index is 404. The molecule has 15 heavy (non-hydrogen) atoms. The molecule has 2 unspecified atom stereocenters. The van der Waals surface area contributed by atoms with E-state index in [1.807, 2.05) is 6.20 Å². The highest BCUT2D eigenvalue weighted by molar-refractivity contribution is 5.57. The quantitative estimate of drug-likeness (QED) is 0.719. The minimum absolute atomic E-state index is 0.365. The number of hydrogen-bond acceptors (Lipinski definition) is 1. The number of rotatable bonds is 2. The van der Waals surface area contributed by atoms with E-state index in [2.05, 4.69) is 56.1 Å². The van der Waals surface area contributed by atoms with E-state index in [-0.39, 0.29) is 0 Å². The molecule has 1 aromatic carbocycles. The van der Waals surface area contributed by atoms with Crippen molar-refractivity contribution in [2.45, 2.75) is 19.9 Å². The molecule has 0 aromatic heterocycles. The maximum Gasteiger partial charge on any atom is 0.0576 e. The molecule has 0 fully saturated rings. The van der Waals surface area contributed by atoms with Gasteiger partial charge >= 0.3 is 0 Å². The van der Waals surface area contributed by atoms with E-state index < -0.39 is 0 Å². The Kier molecular flexibility index (Phi) is 2.63. The average Bonchev–Trinajstić information content (AvgIpc) is 2.27. The van der Waals surface area contributed by atoms with Crippen LogP contribution >= 0.6 is 0 Å². The molecule has 1 aliphatic heterocycles. The lowest BCUT2D eigenvalue weighted by molar-refractivity contribution is 0.476. The first-order valence-corrected chi connectivity index (χ1v) is 5.37. The zero-order valence-corrected chi connectivity index (χ0v) is 9.33. The molecule has 0 bridgehead atoms. The normalized spacial score (nSPS) is 20.3. The van der Waals surface area contributed by atoms with Gasteiger partial charge in [-0.05, 0) is 30.3 Å². The highest BCUT2D eigenvalue weighted by Crippen LogP contribution is 2.31. The monoisotopic (exact) mass is 199 g/mol. The molecule has 0 spiro atoms. The van der Waals surface area contributed by atoms with Gasteiger partial charge in [0.2, 0.25) is 0 Å². The van der Waals surface area contributed by atoms with Gasteiger partial charge in [-0.3, -0.25) is 0 Å². The molecule has 78 valence electrons. The molecule has 0 radical (unpaired) electrons. The fourth-order valence-corrected chi connectivity index (χ4v) is 1.98. The fraction of sp³-hybridized carbons (Fsp3) is 0.286. The van der Waals surface area contributed by atoms with Gasteiger partial charge < -0.3 is 5.32 Å². The maximum absolute atomic E-state index is 4.04. The van der Waals surface area contributed by atoms with Gasteiger partial charge in [0.05, 0.1) is 6.04 Å². The largest absolute Gasteiger partial charge is 0.383 e. The minimum Gasteiger partial charge on any atom is -0.383 e. The molecule has 0 saturated carbocycles. The Balaban J connectivity index is 2.38. The molecule has 0 amide bonds. The zero-order valence-electron chi connectivity index (χ0n) is 9.33. The third kappa shape index (κ3) is 1.82. The summed E-state index contributed by atoms with van der Waals surface area (Å²) in [6, 6.07) is 8.89. The van der Waals surface area contributed by atoms with E-state index in [0.717, 1.165) is 0 Å². The van der Waals surface area contributed by atoms with Crippen molar-refractivity contribution in [2.75, 3.05) is 0 Å². The van der Waals surface area contributed by atoms with Crippen LogP contribution < -0.4 is 5.32 Å². The van der Waals surface area contributed by atoms with Gasteiger partial charge in [0, 0.05) is 5.92 Å². The topological polar surface area (TPSA) is 12.0 Å². The molecule has 1 nitrogen and oxygen atoms in total. The van der Waals surface area contributed by atoms with E-state index in [4.69, 9.17) is 0 Å². The summed E-state index contributed by atoms with van der Waals surface area (Å²) in [5.74, 6) is 0.455. The second-order valence-electron chi connectivity index (χ2n) is 4.24. The van der Waals surface area contributed by atoms with Crippen molar-refractivity contribution in [3.63, 3.8) is 0 Å². The van der Waals surface area contributed by atoms with E-state index in [1.54, 1.807) is 0 Å². The Morgan fingerprint density at radius 2 is 2.13 bits per heavy atom. The van der Waals surface area contributed by atoms with Gasteiger partial charge in [0.1, 0.15) is 0 Å². The number of benzene rings is 1. The standard InChI is InChI=1S/C14H17N/c1-10(2)11(3)14-13-7-5-4-6-12(13)8-9-15-14/h4-9,11,14-15H,1H2,2-3H3. The first-order chi connectivity index (χ1) is 7.20. The van der Waals surface area contributed by atoms with Gasteiger partial charge in [-0.15, -0.1) is 0 Å². The summed E-state index contributed by atoms with van der Waals surface area (Å²) in [5, 5.41) is 3.42. The van der Waals surface area contributed by atoms with Crippen molar-refractivity contribution in [2.24, 2.45) is 5.92 Å². The van der Waals surface area contributed by atoms with Crippen molar-refractivity contribution in [1.29, 1.82) is 0 Å². The molecule has 2 atom stereocenters. The summed E-state index contributed by atoms with van der Waals surface area (Å²) in [6.45, 7) is 8.35. The van der Waals surface area contributed by atoms with E-state index in [0.29, 0.717) is 12.0 Å². The van der Waals surface area contributed by atoms with Crippen molar-refractivity contribution < 1.29 is 0 Å². The van der Waals surface area contributed by atoms with E-state index in [9.17, 15) is 0 Å². The van der Waals surface area contributed by atoms with Crippen LogP contribution in [-0.2, 0) is 0 Å². The fourth-order valence-electron chi connectivity index (χ4n) is 1.98. The van der Waals surface area contributed by atoms with Gasteiger partial charge in [0.15, 0.2) is 0 Å². The Morgan fingerprint density at radius 3 is 2.87 bits per heavy atom. The molecule has 2 rings (SSSR count). The Hall–Kier alpha value is -1.50. The van der Waals surface area contributed by atoms with Gasteiger partial charge in [-0.25, -0.2) is 0 Å². The van der Waals surface area contributed by atoms with Crippen LogP contribution in [0, 0.1) is 5.92 Å². The van der Waals surface area contributed by atoms with Crippen molar-refractivity contribution in [3.8, 4) is 0 Å². The summed E-state index contributed by atoms with van der Waals surface area (Å²) < 4.78 is 0. The van der Waals surface area contributed by atoms with Crippen LogP contribution in [0.5, 0.6) is 0 Å². The average molecular weight is 199 g/mol. The Labute approximate surface area is 91.5 Å². The SMILES string of the molecule is C=C(C)C(C)C1NC=Cc2ccccc21. The molecule has 0 aliphatic carbocycles. The molecular weight excluding hydrogens is 182 g/mol. The van der Waals surface area contributed by atoms with Crippen LogP contribution in [0.25, 0.3) is 6.08 Å². The van der Waals surface area contributed by atoms with Crippen LogP contribution in [0.3, 0.4) is 0 Å². The highest BCUT2D eigenvalue weighted by Gasteiger charge is 2.22. The maximum atomic E-state index is 4.04. The number of nitrogens with one attached hydrogen (secondary N) is 1. The lowest BCUT2D eigenvalue weighted by Crippen LogP contribution is -2.26. The lowest BCUT2D eigenvalue weighted by Gasteiger charge is -2.29. The van der Waals surface area contributed by atoms with Gasteiger partial charge in [0.25, 0.3) is 0 Å². The number of hydrogen-bond donors (Lipinski definition) is 1. The minimum atomic E-state index is 0.365. The highest BCUT2D eigenvalue weighted by atomic mass is 14.9. The van der Waals surface area contributed by atoms with Crippen LogP contribution in [0.15, 0.2) is 42.6 Å². The molecule has 1 aliphatic rings. The second-order valence-corrected chi connectivity index (χ2v) is 4.24. The summed E-state index contributed by atoms with van der Waals surface area (Å²) in [4.78, 5) is 0. The van der Waals surface area contributed by atoms with Crippen molar-refractivity contribution in [1.82, 2.24) is 5.32 Å². The molecule has 0 saturated heterocycles. The first kappa shape index (κ1) is 10.0. The molecule has 1 heteroatoms. The molecule has 1 heterocycles. The first-order valence-electron chi connectivity index (χ1n) is 5.37. The van der Waals surface area contributed by atoms with Crippen molar-refractivity contribution >= 4 is 6.08 Å². The summed E-state index contributed by atoms with van der Waals surface area (Å²) in [5.41, 5.74) is 3.91. The van der Waals surface area contributed by atoms with Crippen LogP contribution in [0.1, 0.15) is 31.0 Å². The van der Waals surface area contributed by atoms with Crippen LogP contribution in [-0.4, -0.2) is 0 Å². The molecule has 1 aromatic rings. The number of fused-ring (bicyclic) bond motifs is 1. The van der Waals surface area contributed by atoms with E-state index >= 15 is 0 Å². The third-order valence-electron chi connectivity index (χ3n) is 3.15. The predicted molar refractivity (Wildman–Crippen MR) is 65.3 cm³/mol. The molecular formula is C14H17N. The van der Waals surface area contributed by atoms with Crippen LogP contribution in [0.4, 0.5) is 0 Å². The van der Waals surface area contributed by atoms with Crippen LogP contribution in [0.2, 0.25) is 0 Å². The Morgan fingerprint density at radius 1 is 1.40 bits per heavy atom. The van der Waals surface area contributed by atoms with Crippen molar-refractivity contribution in [3.05, 3.63) is 53.7 Å². The summed E-state index contributed by atoms with van der Waals surface area (Å²) >= 11 is 0. The summed E-state index contributed by atoms with van der Waals surface area (Å²) in [7, 11) is 0. The summed E-state index contributed by atoms with van der Waals surface area (Å²) in [6.07, 6.45) is 4.16. The molecule has 1 N–H and O–H groups in total. The predicted octanol–water partition coefficient (Wildman–Crippen LogP) is 3.51.